The zero-order valence-corrected chi connectivity index (χ0v) is 30.0. The lowest BCUT2D eigenvalue weighted by Crippen LogP contribution is -2.52. The van der Waals surface area contributed by atoms with Crippen LogP contribution in [-0.2, 0) is 28.6 Å². The summed E-state index contributed by atoms with van der Waals surface area (Å²) >= 11 is 0. The monoisotopic (exact) mass is 674 g/mol. The van der Waals surface area contributed by atoms with Gasteiger partial charge in [-0.25, -0.2) is 4.79 Å². The van der Waals surface area contributed by atoms with E-state index in [9.17, 15) is 24.3 Å². The van der Waals surface area contributed by atoms with E-state index in [0.29, 0.717) is 54.8 Å². The van der Waals surface area contributed by atoms with Crippen LogP contribution in [0, 0.1) is 5.92 Å². The SMILES string of the molecule is COc1c(C(N)=O)cc(C(C)(C)C)c(-c2c(C(=O)O)n(C)c3c(CN4CCN(C(=O)C5CCCN5C)CC4)cccc23)c1NC(=O)C(C)C. The van der Waals surface area contributed by atoms with Crippen molar-refractivity contribution in [1.29, 1.82) is 0 Å². The summed E-state index contributed by atoms with van der Waals surface area (Å²) in [7, 11) is 5.15. The molecular weight excluding hydrogens is 624 g/mol. The number of primary amides is 1. The molecule has 0 aliphatic carbocycles. The lowest BCUT2D eigenvalue weighted by Gasteiger charge is -2.37. The lowest BCUT2D eigenvalue weighted by molar-refractivity contribution is -0.137. The second-order valence-corrected chi connectivity index (χ2v) is 14.7. The first kappa shape index (κ1) is 35.9. The predicted octanol–water partition coefficient (Wildman–Crippen LogP) is 4.28. The molecule has 49 heavy (non-hydrogen) atoms. The number of hydrogen-bond donors (Lipinski definition) is 3. The van der Waals surface area contributed by atoms with Gasteiger partial charge in [0.25, 0.3) is 5.91 Å². The Balaban J connectivity index is 1.65. The van der Waals surface area contributed by atoms with Crippen LogP contribution < -0.4 is 15.8 Å². The number of aryl methyl sites for hydroxylation is 1. The molecule has 12 nitrogen and oxygen atoms in total. The van der Waals surface area contributed by atoms with Gasteiger partial charge in [0.2, 0.25) is 11.8 Å². The molecule has 1 aromatic heterocycles. The lowest BCUT2D eigenvalue weighted by atomic mass is 9.78. The Morgan fingerprint density at radius 1 is 1.04 bits per heavy atom. The Kier molecular flexibility index (Phi) is 10.1. The summed E-state index contributed by atoms with van der Waals surface area (Å²) in [5, 5.41) is 14.4. The van der Waals surface area contributed by atoms with Crippen LogP contribution in [0.4, 0.5) is 5.69 Å². The summed E-state index contributed by atoms with van der Waals surface area (Å²) < 4.78 is 7.45. The van der Waals surface area contributed by atoms with Crippen molar-refractivity contribution in [3.05, 3.63) is 46.6 Å². The Morgan fingerprint density at radius 2 is 1.71 bits per heavy atom. The minimum Gasteiger partial charge on any atom is -0.494 e. The summed E-state index contributed by atoms with van der Waals surface area (Å²) in [4.78, 5) is 58.8. The number of piperazine rings is 1. The minimum atomic E-state index is -1.14. The van der Waals surface area contributed by atoms with Gasteiger partial charge in [-0.1, -0.05) is 52.8 Å². The number of carboxylic acids is 1. The average Bonchev–Trinajstić information content (AvgIpc) is 3.60. The van der Waals surface area contributed by atoms with Gasteiger partial charge in [-0.3, -0.25) is 24.2 Å². The number of nitrogens with zero attached hydrogens (tertiary/aromatic N) is 4. The molecule has 264 valence electrons. The number of para-hydroxylation sites is 1. The number of carbonyl (C=O) groups excluding carboxylic acids is 3. The molecule has 0 spiro atoms. The maximum absolute atomic E-state index is 13.3. The third kappa shape index (κ3) is 6.76. The number of likely N-dealkylation sites (tertiary alicyclic amines) is 1. The highest BCUT2D eigenvalue weighted by molar-refractivity contribution is 6.15. The fraction of sp³-hybridized carbons (Fsp3) is 0.514. The van der Waals surface area contributed by atoms with Crippen molar-refractivity contribution in [2.45, 2.75) is 65.5 Å². The number of nitrogens with two attached hydrogens (primary N) is 1. The number of carbonyl (C=O) groups is 4. The molecule has 2 aliphatic heterocycles. The van der Waals surface area contributed by atoms with Gasteiger partial charge in [0, 0.05) is 62.2 Å². The number of aromatic carboxylic acids is 1. The maximum atomic E-state index is 13.3. The van der Waals surface area contributed by atoms with Gasteiger partial charge in [0.05, 0.1) is 29.9 Å². The number of nitrogens with one attached hydrogen (secondary N) is 1. The van der Waals surface area contributed by atoms with Crippen LogP contribution in [0.1, 0.15) is 79.4 Å². The number of likely N-dealkylation sites (N-methyl/N-ethyl adjacent to an activating group) is 1. The quantitative estimate of drug-likeness (QED) is 0.305. The molecule has 0 saturated carbocycles. The van der Waals surface area contributed by atoms with Gasteiger partial charge in [-0.2, -0.15) is 0 Å². The van der Waals surface area contributed by atoms with Crippen molar-refractivity contribution in [1.82, 2.24) is 19.3 Å². The number of fused-ring (bicyclic) bond motifs is 1. The van der Waals surface area contributed by atoms with Gasteiger partial charge in [-0.05, 0) is 49.0 Å². The second-order valence-electron chi connectivity index (χ2n) is 14.7. The molecule has 3 aromatic rings. The van der Waals surface area contributed by atoms with E-state index >= 15 is 0 Å². The summed E-state index contributed by atoms with van der Waals surface area (Å²) in [6.07, 6.45) is 1.94. The zero-order valence-electron chi connectivity index (χ0n) is 30.0. The number of methoxy groups -OCH3 is 1. The van der Waals surface area contributed by atoms with Crippen molar-refractivity contribution >= 4 is 40.3 Å². The summed E-state index contributed by atoms with van der Waals surface area (Å²) in [6, 6.07) is 7.43. The summed E-state index contributed by atoms with van der Waals surface area (Å²) in [5.74, 6) is -2.33. The van der Waals surface area contributed by atoms with Crippen molar-refractivity contribution in [2.75, 3.05) is 52.2 Å². The van der Waals surface area contributed by atoms with Crippen molar-refractivity contribution in [3.8, 4) is 16.9 Å². The second kappa shape index (κ2) is 13.8. The maximum Gasteiger partial charge on any atom is 0.353 e. The van der Waals surface area contributed by atoms with Crippen LogP contribution in [0.25, 0.3) is 22.0 Å². The molecule has 1 unspecified atom stereocenters. The topological polar surface area (TPSA) is 150 Å². The number of ether oxygens (including phenoxy) is 1. The van der Waals surface area contributed by atoms with Crippen LogP contribution in [0.5, 0.6) is 5.75 Å². The van der Waals surface area contributed by atoms with E-state index in [-0.39, 0.29) is 40.6 Å². The van der Waals surface area contributed by atoms with Crippen LogP contribution in [-0.4, -0.2) is 101 Å². The summed E-state index contributed by atoms with van der Waals surface area (Å²) in [6.45, 7) is 13.6. The molecule has 2 saturated heterocycles. The predicted molar refractivity (Wildman–Crippen MR) is 190 cm³/mol. The molecule has 1 atom stereocenters. The van der Waals surface area contributed by atoms with E-state index in [0.717, 1.165) is 30.5 Å². The molecule has 2 aromatic carbocycles. The van der Waals surface area contributed by atoms with Crippen molar-refractivity contribution < 1.29 is 29.0 Å². The van der Waals surface area contributed by atoms with Gasteiger partial charge in [-0.15, -0.1) is 0 Å². The number of carboxylic acid groups (broad SMARTS) is 1. The third-order valence-electron chi connectivity index (χ3n) is 9.96. The van der Waals surface area contributed by atoms with E-state index in [1.54, 1.807) is 31.5 Å². The number of rotatable bonds is 9. The molecule has 12 heteroatoms. The van der Waals surface area contributed by atoms with E-state index in [1.165, 1.54) is 7.11 Å². The molecule has 0 bridgehead atoms. The fourth-order valence-corrected chi connectivity index (χ4v) is 7.33. The standard InChI is InChI=1S/C37H50N6O6/c1-21(2)34(45)39-29-28(25(37(3,4)5)19-24(33(38)44)32(29)49-8)27-23-12-9-11-22(30(23)41(7)31(27)36(47)48)20-42-15-17-43(18-16-42)35(46)26-13-10-14-40(26)6/h9,11-12,19,21,26H,10,13-18,20H2,1-8H3,(H2,38,44)(H,39,45)(H,47,48). The van der Waals surface area contributed by atoms with Gasteiger partial charge in [0.1, 0.15) is 5.69 Å². The van der Waals surface area contributed by atoms with Crippen LogP contribution in [0.15, 0.2) is 24.3 Å². The molecule has 2 fully saturated rings. The first-order chi connectivity index (χ1) is 23.1. The first-order valence-corrected chi connectivity index (χ1v) is 17.0. The number of hydrogen-bond acceptors (Lipinski definition) is 7. The van der Waals surface area contributed by atoms with Crippen LogP contribution in [0.2, 0.25) is 0 Å². The zero-order chi connectivity index (χ0) is 35.9. The van der Waals surface area contributed by atoms with Gasteiger partial charge < -0.3 is 30.4 Å². The van der Waals surface area contributed by atoms with E-state index in [4.69, 9.17) is 10.5 Å². The first-order valence-electron chi connectivity index (χ1n) is 17.0. The minimum absolute atomic E-state index is 0.0398. The molecular formula is C37H50N6O6. The molecule has 0 radical (unpaired) electrons. The number of amides is 3. The molecule has 3 amide bonds. The van der Waals surface area contributed by atoms with E-state index in [1.807, 2.05) is 50.9 Å². The van der Waals surface area contributed by atoms with Crippen molar-refractivity contribution in [3.63, 3.8) is 0 Å². The number of benzene rings is 2. The highest BCUT2D eigenvalue weighted by atomic mass is 16.5. The van der Waals surface area contributed by atoms with Crippen molar-refractivity contribution in [2.24, 2.45) is 18.7 Å². The Labute approximate surface area is 288 Å². The normalized spacial score (nSPS) is 17.6. The Hall–Kier alpha value is -4.42. The van der Waals surface area contributed by atoms with Gasteiger partial charge in [0.15, 0.2) is 5.75 Å². The van der Waals surface area contributed by atoms with Crippen LogP contribution in [0.3, 0.4) is 0 Å². The Morgan fingerprint density at radius 3 is 2.24 bits per heavy atom. The van der Waals surface area contributed by atoms with Crippen LogP contribution >= 0.6 is 0 Å². The molecule has 2 aliphatic rings. The fourth-order valence-electron chi connectivity index (χ4n) is 7.33. The number of anilines is 1. The molecule has 3 heterocycles. The van der Waals surface area contributed by atoms with E-state index in [2.05, 4.69) is 15.1 Å². The highest BCUT2D eigenvalue weighted by Crippen LogP contribution is 2.49. The highest BCUT2D eigenvalue weighted by Gasteiger charge is 2.36. The van der Waals surface area contributed by atoms with E-state index < -0.39 is 23.2 Å². The smallest absolute Gasteiger partial charge is 0.353 e. The van der Waals surface area contributed by atoms with Gasteiger partial charge >= 0.3 is 5.97 Å². The number of aromatic nitrogens is 1. The largest absolute Gasteiger partial charge is 0.494 e. The molecule has 4 N–H and O–H groups in total. The molecule has 5 rings (SSSR count). The summed E-state index contributed by atoms with van der Waals surface area (Å²) in [5.41, 5.74) is 8.77. The Bertz CT molecular complexity index is 1800. The third-order valence-corrected chi connectivity index (χ3v) is 9.96. The average molecular weight is 675 g/mol.